The molecule has 0 saturated heterocycles. The van der Waals surface area contributed by atoms with E-state index in [1.165, 1.54) is 5.56 Å². The Morgan fingerprint density at radius 3 is 2.69 bits per heavy atom. The first-order valence-corrected chi connectivity index (χ1v) is 12.7. The third-order valence-corrected chi connectivity index (χ3v) is 6.65. The van der Waals surface area contributed by atoms with E-state index in [0.717, 1.165) is 40.7 Å². The SMILES string of the molecule is COc1cc(CNCCCSc2nnnn2-c2ccccc2)c(Cl)cc1OCc1cccc(C)c1. The zero-order chi connectivity index (χ0) is 24.5. The topological polar surface area (TPSA) is 74.1 Å². The Morgan fingerprint density at radius 2 is 1.89 bits per heavy atom. The molecule has 7 nitrogen and oxygen atoms in total. The van der Waals surface area contributed by atoms with Gasteiger partial charge in [-0.3, -0.25) is 0 Å². The Hall–Kier alpha value is -3.07. The lowest BCUT2D eigenvalue weighted by atomic mass is 10.1. The van der Waals surface area contributed by atoms with Crippen LogP contribution in [0.2, 0.25) is 5.02 Å². The number of methoxy groups -OCH3 is 1. The van der Waals surface area contributed by atoms with Crippen molar-refractivity contribution < 1.29 is 9.47 Å². The number of tetrazole rings is 1. The Morgan fingerprint density at radius 1 is 1.03 bits per heavy atom. The lowest BCUT2D eigenvalue weighted by Crippen LogP contribution is -2.16. The predicted molar refractivity (Wildman–Crippen MR) is 140 cm³/mol. The number of nitrogens with one attached hydrogen (secondary N) is 1. The molecule has 0 aliphatic rings. The van der Waals surface area contributed by atoms with Crippen molar-refractivity contribution in [2.24, 2.45) is 0 Å². The molecule has 1 heterocycles. The minimum atomic E-state index is 0.456. The summed E-state index contributed by atoms with van der Waals surface area (Å²) >= 11 is 8.18. The Balaban J connectivity index is 1.24. The molecule has 9 heteroatoms. The molecule has 0 radical (unpaired) electrons. The van der Waals surface area contributed by atoms with E-state index in [9.17, 15) is 0 Å². The van der Waals surface area contributed by atoms with Crippen molar-refractivity contribution in [1.82, 2.24) is 25.5 Å². The molecule has 1 N–H and O–H groups in total. The summed E-state index contributed by atoms with van der Waals surface area (Å²) in [5, 5.41) is 16.9. The number of halogens is 1. The van der Waals surface area contributed by atoms with Crippen LogP contribution in [0, 0.1) is 6.92 Å². The van der Waals surface area contributed by atoms with Gasteiger partial charge in [0.1, 0.15) is 6.61 Å². The number of aryl methyl sites for hydroxylation is 1. The van der Waals surface area contributed by atoms with Crippen molar-refractivity contribution in [3.8, 4) is 17.2 Å². The van der Waals surface area contributed by atoms with Crippen LogP contribution in [0.5, 0.6) is 11.5 Å². The molecule has 0 aliphatic heterocycles. The average Bonchev–Trinajstić information content (AvgIpc) is 3.35. The average molecular weight is 510 g/mol. The molecule has 0 bridgehead atoms. The second-order valence-corrected chi connectivity index (χ2v) is 9.43. The molecule has 0 amide bonds. The fourth-order valence-corrected chi connectivity index (χ4v) is 4.58. The van der Waals surface area contributed by atoms with Crippen molar-refractivity contribution in [2.45, 2.75) is 31.7 Å². The molecule has 3 aromatic carbocycles. The summed E-state index contributed by atoms with van der Waals surface area (Å²) in [6.07, 6.45) is 0.957. The zero-order valence-corrected chi connectivity index (χ0v) is 21.4. The summed E-state index contributed by atoms with van der Waals surface area (Å²) < 4.78 is 13.3. The summed E-state index contributed by atoms with van der Waals surface area (Å²) in [6.45, 7) is 4.00. The molecule has 182 valence electrons. The number of hydrogen-bond donors (Lipinski definition) is 1. The highest BCUT2D eigenvalue weighted by Gasteiger charge is 2.12. The Bertz CT molecular complexity index is 1240. The number of nitrogens with zero attached hydrogens (tertiary/aromatic N) is 4. The van der Waals surface area contributed by atoms with Crippen LogP contribution in [-0.4, -0.2) is 39.6 Å². The molecular formula is C26H28ClN5O2S. The zero-order valence-electron chi connectivity index (χ0n) is 19.8. The number of hydrogen-bond acceptors (Lipinski definition) is 7. The van der Waals surface area contributed by atoms with Gasteiger partial charge in [0.25, 0.3) is 0 Å². The van der Waals surface area contributed by atoms with Gasteiger partial charge in [-0.25, -0.2) is 0 Å². The number of ether oxygens (including phenoxy) is 2. The number of benzene rings is 3. The third kappa shape index (κ3) is 6.97. The van der Waals surface area contributed by atoms with Crippen molar-refractivity contribution in [3.63, 3.8) is 0 Å². The van der Waals surface area contributed by atoms with E-state index in [2.05, 4.69) is 39.9 Å². The molecule has 4 rings (SSSR count). The molecule has 0 spiro atoms. The first kappa shape index (κ1) is 25.0. The fourth-order valence-electron chi connectivity index (χ4n) is 3.53. The molecule has 0 atom stereocenters. The normalized spacial score (nSPS) is 10.9. The largest absolute Gasteiger partial charge is 0.493 e. The molecule has 35 heavy (non-hydrogen) atoms. The highest BCUT2D eigenvalue weighted by molar-refractivity contribution is 7.99. The molecule has 1 aromatic heterocycles. The van der Waals surface area contributed by atoms with Gasteiger partial charge in [0.2, 0.25) is 5.16 Å². The molecule has 4 aromatic rings. The smallest absolute Gasteiger partial charge is 0.214 e. The second kappa shape index (κ2) is 12.6. The van der Waals surface area contributed by atoms with Gasteiger partial charge in [-0.1, -0.05) is 71.4 Å². The number of aromatic nitrogens is 4. The van der Waals surface area contributed by atoms with Crippen LogP contribution in [-0.2, 0) is 13.2 Å². The van der Waals surface area contributed by atoms with Gasteiger partial charge in [0, 0.05) is 23.4 Å². The predicted octanol–water partition coefficient (Wildman–Crippen LogP) is 5.48. The Kier molecular flexibility index (Phi) is 9.00. The van der Waals surface area contributed by atoms with Crippen molar-refractivity contribution in [1.29, 1.82) is 0 Å². The number of rotatable bonds is 12. The van der Waals surface area contributed by atoms with Crippen LogP contribution >= 0.6 is 23.4 Å². The van der Waals surface area contributed by atoms with Gasteiger partial charge in [-0.2, -0.15) is 4.68 Å². The first-order chi connectivity index (χ1) is 17.1. The first-order valence-electron chi connectivity index (χ1n) is 11.4. The van der Waals surface area contributed by atoms with E-state index < -0.39 is 0 Å². The van der Waals surface area contributed by atoms with Crippen LogP contribution in [0.4, 0.5) is 0 Å². The lowest BCUT2D eigenvalue weighted by Gasteiger charge is -2.14. The van der Waals surface area contributed by atoms with Crippen LogP contribution < -0.4 is 14.8 Å². The van der Waals surface area contributed by atoms with Crippen molar-refractivity contribution >= 4 is 23.4 Å². The number of thioether (sulfide) groups is 1. The lowest BCUT2D eigenvalue weighted by molar-refractivity contribution is 0.284. The summed E-state index contributed by atoms with van der Waals surface area (Å²) in [5.74, 6) is 2.20. The van der Waals surface area contributed by atoms with Crippen molar-refractivity contribution in [2.75, 3.05) is 19.4 Å². The van der Waals surface area contributed by atoms with E-state index >= 15 is 0 Å². The van der Waals surface area contributed by atoms with Crippen LogP contribution in [0.25, 0.3) is 5.69 Å². The van der Waals surface area contributed by atoms with E-state index in [1.807, 2.05) is 54.6 Å². The molecule has 0 saturated carbocycles. The second-order valence-electron chi connectivity index (χ2n) is 7.96. The molecular weight excluding hydrogens is 482 g/mol. The summed E-state index contributed by atoms with van der Waals surface area (Å²) in [6, 6.07) is 21.9. The highest BCUT2D eigenvalue weighted by Crippen LogP contribution is 2.34. The van der Waals surface area contributed by atoms with Crippen LogP contribution in [0.3, 0.4) is 0 Å². The summed E-state index contributed by atoms with van der Waals surface area (Å²) in [5.41, 5.74) is 4.22. The number of para-hydroxylation sites is 1. The quantitative estimate of drug-likeness (QED) is 0.200. The summed E-state index contributed by atoms with van der Waals surface area (Å²) in [4.78, 5) is 0. The van der Waals surface area contributed by atoms with Gasteiger partial charge >= 0.3 is 0 Å². The van der Waals surface area contributed by atoms with Gasteiger partial charge < -0.3 is 14.8 Å². The maximum Gasteiger partial charge on any atom is 0.214 e. The van der Waals surface area contributed by atoms with Gasteiger partial charge in [-0.05, 0) is 59.6 Å². The fraction of sp³-hybridized carbons (Fsp3) is 0.269. The standard InChI is InChI=1S/C26H28ClN5O2S/c1-19-8-6-9-20(14-19)18-34-25-16-23(27)21(15-24(25)33-2)17-28-12-7-13-35-26-29-30-31-32(26)22-10-4-3-5-11-22/h3-6,8-11,14-16,28H,7,12-13,17-18H2,1-2H3. The van der Waals surface area contributed by atoms with Gasteiger partial charge in [0.05, 0.1) is 12.8 Å². The maximum absolute atomic E-state index is 6.54. The molecule has 0 fully saturated rings. The highest BCUT2D eigenvalue weighted by atomic mass is 35.5. The molecule has 0 unspecified atom stereocenters. The van der Waals surface area contributed by atoms with E-state index in [-0.39, 0.29) is 0 Å². The van der Waals surface area contributed by atoms with E-state index in [1.54, 1.807) is 23.6 Å². The monoisotopic (exact) mass is 509 g/mol. The van der Waals surface area contributed by atoms with Crippen LogP contribution in [0.15, 0.2) is 71.9 Å². The van der Waals surface area contributed by atoms with E-state index in [0.29, 0.717) is 29.7 Å². The molecule has 0 aliphatic carbocycles. The van der Waals surface area contributed by atoms with Gasteiger partial charge in [0.15, 0.2) is 11.5 Å². The minimum Gasteiger partial charge on any atom is -0.493 e. The Labute approximate surface area is 214 Å². The third-order valence-electron chi connectivity index (χ3n) is 5.30. The van der Waals surface area contributed by atoms with Crippen molar-refractivity contribution in [3.05, 3.63) is 88.4 Å². The summed E-state index contributed by atoms with van der Waals surface area (Å²) in [7, 11) is 1.64. The van der Waals surface area contributed by atoms with E-state index in [4.69, 9.17) is 21.1 Å². The van der Waals surface area contributed by atoms with Gasteiger partial charge in [-0.15, -0.1) is 5.10 Å². The minimum absolute atomic E-state index is 0.456. The van der Waals surface area contributed by atoms with Crippen LogP contribution in [0.1, 0.15) is 23.1 Å². The maximum atomic E-state index is 6.54.